The predicted octanol–water partition coefficient (Wildman–Crippen LogP) is 1.02. The Balaban J connectivity index is 1.90. The minimum atomic E-state index is 0.327. The second-order valence-corrected chi connectivity index (χ2v) is 4.33. The van der Waals surface area contributed by atoms with Crippen molar-refractivity contribution in [3.8, 4) is 0 Å². The Bertz CT molecular complexity index is 426. The Hall–Kier alpha value is -1.33. The van der Waals surface area contributed by atoms with E-state index in [0.717, 1.165) is 19.8 Å². The van der Waals surface area contributed by atoms with Crippen LogP contribution in [0.4, 0.5) is 0 Å². The molecule has 2 aliphatic heterocycles. The van der Waals surface area contributed by atoms with Gasteiger partial charge in [0.2, 0.25) is 0 Å². The fourth-order valence-electron chi connectivity index (χ4n) is 2.47. The summed E-state index contributed by atoms with van der Waals surface area (Å²) in [5.41, 5.74) is 2.61. The first kappa shape index (κ1) is 9.86. The number of fused-ring (bicyclic) bond motifs is 4. The normalized spacial score (nSPS) is 28.6. The molecule has 2 atom stereocenters. The van der Waals surface area contributed by atoms with E-state index < -0.39 is 0 Å². The lowest BCUT2D eigenvalue weighted by Crippen LogP contribution is -2.25. The van der Waals surface area contributed by atoms with E-state index in [-0.39, 0.29) is 0 Å². The van der Waals surface area contributed by atoms with Gasteiger partial charge in [0, 0.05) is 25.7 Å². The van der Waals surface area contributed by atoms with Crippen molar-refractivity contribution < 1.29 is 4.84 Å². The highest BCUT2D eigenvalue weighted by molar-refractivity contribution is 5.26. The van der Waals surface area contributed by atoms with Gasteiger partial charge in [-0.2, -0.15) is 5.10 Å². The van der Waals surface area contributed by atoms with E-state index in [1.54, 1.807) is 6.26 Å². The van der Waals surface area contributed by atoms with Crippen LogP contribution in [0, 0.1) is 0 Å². The molecule has 86 valence electrons. The molecule has 1 fully saturated rings. The molecule has 0 aromatic carbocycles. The van der Waals surface area contributed by atoms with E-state index in [9.17, 15) is 0 Å². The van der Waals surface area contributed by atoms with Crippen LogP contribution in [0.3, 0.4) is 0 Å². The Kier molecular flexibility index (Phi) is 2.22. The molecule has 0 aliphatic carbocycles. The Morgan fingerprint density at radius 2 is 2.44 bits per heavy atom. The minimum absolute atomic E-state index is 0.327. The molecule has 2 bridgehead atoms. The van der Waals surface area contributed by atoms with Gasteiger partial charge in [0.25, 0.3) is 0 Å². The molecule has 0 spiro atoms. The van der Waals surface area contributed by atoms with Gasteiger partial charge in [0.15, 0.2) is 0 Å². The van der Waals surface area contributed by atoms with Crippen molar-refractivity contribution in [2.75, 3.05) is 13.2 Å². The van der Waals surface area contributed by atoms with Crippen LogP contribution in [0.25, 0.3) is 0 Å². The standard InChI is InChI=1S/C11H16N4O/c1-3-4-16-15-8-14-6-10-9(11(15)7-14)5-12-13(10)2/h3-5,11H,6-8H2,1-2H3. The minimum Gasteiger partial charge on any atom is -0.412 e. The summed E-state index contributed by atoms with van der Waals surface area (Å²) >= 11 is 0. The molecule has 0 radical (unpaired) electrons. The molecule has 1 saturated heterocycles. The van der Waals surface area contributed by atoms with Gasteiger partial charge in [0.05, 0.1) is 24.6 Å². The molecule has 1 aromatic heterocycles. The van der Waals surface area contributed by atoms with E-state index in [0.29, 0.717) is 6.04 Å². The van der Waals surface area contributed by atoms with E-state index >= 15 is 0 Å². The molecule has 0 N–H and O–H groups in total. The average molecular weight is 220 g/mol. The third kappa shape index (κ3) is 1.36. The maximum Gasteiger partial charge on any atom is 0.107 e. The van der Waals surface area contributed by atoms with Crippen molar-refractivity contribution in [3.63, 3.8) is 0 Å². The molecule has 1 aromatic rings. The van der Waals surface area contributed by atoms with Gasteiger partial charge in [-0.25, -0.2) is 0 Å². The van der Waals surface area contributed by atoms with Gasteiger partial charge in [-0.15, -0.1) is 5.06 Å². The number of hydrogen-bond acceptors (Lipinski definition) is 4. The third-order valence-electron chi connectivity index (χ3n) is 3.28. The van der Waals surface area contributed by atoms with Crippen molar-refractivity contribution in [1.29, 1.82) is 0 Å². The Morgan fingerprint density at radius 3 is 3.25 bits per heavy atom. The summed E-state index contributed by atoms with van der Waals surface area (Å²) in [7, 11) is 2.00. The zero-order chi connectivity index (χ0) is 11.1. The molecule has 3 rings (SSSR count). The fourth-order valence-corrected chi connectivity index (χ4v) is 2.47. The quantitative estimate of drug-likeness (QED) is 0.697. The first-order valence-electron chi connectivity index (χ1n) is 5.57. The molecular formula is C11H16N4O. The summed E-state index contributed by atoms with van der Waals surface area (Å²) in [6.45, 7) is 4.83. The molecule has 2 aliphatic rings. The number of aromatic nitrogens is 2. The fraction of sp³-hybridized carbons (Fsp3) is 0.545. The number of rotatable bonds is 2. The lowest BCUT2D eigenvalue weighted by molar-refractivity contribution is -0.120. The maximum absolute atomic E-state index is 5.61. The topological polar surface area (TPSA) is 33.5 Å². The highest BCUT2D eigenvalue weighted by Crippen LogP contribution is 2.36. The molecule has 0 saturated carbocycles. The van der Waals surface area contributed by atoms with Crippen LogP contribution in [0.15, 0.2) is 18.5 Å². The Labute approximate surface area is 94.8 Å². The lowest BCUT2D eigenvalue weighted by Gasteiger charge is -2.22. The highest BCUT2D eigenvalue weighted by Gasteiger charge is 2.40. The van der Waals surface area contributed by atoms with E-state index in [1.807, 2.05) is 36.0 Å². The van der Waals surface area contributed by atoms with Gasteiger partial charge in [0.1, 0.15) is 6.26 Å². The number of hydroxylamine groups is 2. The molecular weight excluding hydrogens is 204 g/mol. The maximum atomic E-state index is 5.61. The zero-order valence-electron chi connectivity index (χ0n) is 9.63. The Morgan fingerprint density at radius 1 is 1.56 bits per heavy atom. The van der Waals surface area contributed by atoms with Crippen molar-refractivity contribution in [1.82, 2.24) is 19.7 Å². The number of aryl methyl sites for hydroxylation is 1. The van der Waals surface area contributed by atoms with Crippen molar-refractivity contribution in [2.24, 2.45) is 7.05 Å². The molecule has 2 unspecified atom stereocenters. The third-order valence-corrected chi connectivity index (χ3v) is 3.28. The largest absolute Gasteiger partial charge is 0.412 e. The SMILES string of the molecule is CC=CON1CN2Cc3c(cnn3C)C1C2. The van der Waals surface area contributed by atoms with Crippen LogP contribution in [0.1, 0.15) is 24.2 Å². The van der Waals surface area contributed by atoms with Crippen LogP contribution < -0.4 is 0 Å². The first-order valence-corrected chi connectivity index (χ1v) is 5.57. The summed E-state index contributed by atoms with van der Waals surface area (Å²) in [6, 6.07) is 0.327. The summed E-state index contributed by atoms with van der Waals surface area (Å²) in [4.78, 5) is 7.98. The van der Waals surface area contributed by atoms with E-state index in [1.165, 1.54) is 11.3 Å². The predicted molar refractivity (Wildman–Crippen MR) is 59.0 cm³/mol. The van der Waals surface area contributed by atoms with E-state index in [2.05, 4.69) is 10.00 Å². The summed E-state index contributed by atoms with van der Waals surface area (Å²) in [5.74, 6) is 0. The van der Waals surface area contributed by atoms with Crippen LogP contribution >= 0.6 is 0 Å². The van der Waals surface area contributed by atoms with Crippen molar-refractivity contribution >= 4 is 0 Å². The molecule has 0 amide bonds. The van der Waals surface area contributed by atoms with Crippen molar-refractivity contribution in [2.45, 2.75) is 19.5 Å². The average Bonchev–Trinajstić information content (AvgIpc) is 2.81. The van der Waals surface area contributed by atoms with Crippen LogP contribution in [0.5, 0.6) is 0 Å². The highest BCUT2D eigenvalue weighted by atomic mass is 16.7. The van der Waals surface area contributed by atoms with Crippen LogP contribution in [0.2, 0.25) is 0 Å². The summed E-state index contributed by atoms with van der Waals surface area (Å²) < 4.78 is 1.97. The molecule has 5 nitrogen and oxygen atoms in total. The van der Waals surface area contributed by atoms with Gasteiger partial charge in [-0.05, 0) is 6.92 Å². The molecule has 16 heavy (non-hydrogen) atoms. The second kappa shape index (κ2) is 3.61. The van der Waals surface area contributed by atoms with Crippen molar-refractivity contribution in [3.05, 3.63) is 29.8 Å². The monoisotopic (exact) mass is 220 g/mol. The lowest BCUT2D eigenvalue weighted by atomic mass is 10.1. The molecule has 5 heteroatoms. The van der Waals surface area contributed by atoms with E-state index in [4.69, 9.17) is 4.84 Å². The number of hydrogen-bond donors (Lipinski definition) is 0. The zero-order valence-corrected chi connectivity index (χ0v) is 9.63. The number of nitrogens with zero attached hydrogens (tertiary/aromatic N) is 4. The summed E-state index contributed by atoms with van der Waals surface area (Å²) in [6.07, 6.45) is 5.61. The molecule has 3 heterocycles. The van der Waals surface area contributed by atoms with Gasteiger partial charge in [-0.3, -0.25) is 9.58 Å². The van der Waals surface area contributed by atoms with Gasteiger partial charge in [-0.1, -0.05) is 6.08 Å². The number of allylic oxidation sites excluding steroid dienone is 1. The summed E-state index contributed by atoms with van der Waals surface area (Å²) in [5, 5.41) is 6.34. The van der Waals surface area contributed by atoms with Gasteiger partial charge < -0.3 is 4.84 Å². The first-order chi connectivity index (χ1) is 7.79. The smallest absolute Gasteiger partial charge is 0.107 e. The van der Waals surface area contributed by atoms with Gasteiger partial charge >= 0.3 is 0 Å². The van der Waals surface area contributed by atoms with Crippen LogP contribution in [-0.2, 0) is 18.4 Å². The second-order valence-electron chi connectivity index (χ2n) is 4.33. The van der Waals surface area contributed by atoms with Crippen LogP contribution in [-0.4, -0.2) is 33.0 Å².